The number of hydrogen-bond acceptors (Lipinski definition) is 4. The molecule has 26 heavy (non-hydrogen) atoms. The van der Waals surface area contributed by atoms with Crippen LogP contribution >= 0.6 is 24.2 Å². The Morgan fingerprint density at radius 3 is 2.85 bits per heavy atom. The highest BCUT2D eigenvalue weighted by atomic mass is 35.5. The Morgan fingerprint density at radius 2 is 2.04 bits per heavy atom. The molecule has 0 aliphatic carbocycles. The second-order valence-electron chi connectivity index (χ2n) is 6.33. The van der Waals surface area contributed by atoms with Gasteiger partial charge in [-0.25, -0.2) is 0 Å². The molecule has 2 aliphatic rings. The summed E-state index contributed by atoms with van der Waals surface area (Å²) in [6.07, 6.45) is 1.09. The van der Waals surface area contributed by atoms with Gasteiger partial charge in [0.05, 0.1) is 11.3 Å². The third-order valence-electron chi connectivity index (χ3n) is 4.56. The van der Waals surface area contributed by atoms with Gasteiger partial charge in [0.1, 0.15) is 0 Å². The fourth-order valence-corrected chi connectivity index (χ4v) is 4.15. The van der Waals surface area contributed by atoms with Gasteiger partial charge in [0.2, 0.25) is 0 Å². The first kappa shape index (κ1) is 18.8. The average Bonchev–Trinajstić information content (AvgIpc) is 3.10. The largest absolute Gasteiger partial charge is 0.352 e. The van der Waals surface area contributed by atoms with Gasteiger partial charge in [-0.1, -0.05) is 23.9 Å². The highest BCUT2D eigenvalue weighted by Crippen LogP contribution is 2.38. The first-order valence-electron chi connectivity index (χ1n) is 8.42. The molecule has 5 nitrogen and oxygen atoms in total. The van der Waals surface area contributed by atoms with Crippen LogP contribution in [0.2, 0.25) is 0 Å². The summed E-state index contributed by atoms with van der Waals surface area (Å²) in [7, 11) is 0. The zero-order valence-electron chi connectivity index (χ0n) is 14.1. The lowest BCUT2D eigenvalue weighted by molar-refractivity contribution is 0.0946. The Kier molecular flexibility index (Phi) is 5.86. The molecule has 3 N–H and O–H groups in total. The van der Waals surface area contributed by atoms with E-state index in [4.69, 9.17) is 0 Å². The van der Waals surface area contributed by atoms with Gasteiger partial charge >= 0.3 is 0 Å². The molecule has 4 rings (SSSR count). The topological polar surface area (TPSA) is 70.2 Å². The van der Waals surface area contributed by atoms with Gasteiger partial charge in [0, 0.05) is 21.9 Å². The van der Waals surface area contributed by atoms with Gasteiger partial charge in [-0.3, -0.25) is 9.59 Å². The Balaban J connectivity index is 0.00000196. The number of carbonyl (C=O) groups excluding carboxylic acids is 2. The maximum Gasteiger partial charge on any atom is 0.256 e. The molecule has 0 bridgehead atoms. The van der Waals surface area contributed by atoms with E-state index < -0.39 is 0 Å². The van der Waals surface area contributed by atoms with Crippen molar-refractivity contribution >= 4 is 41.7 Å². The Morgan fingerprint density at radius 1 is 1.19 bits per heavy atom. The third-order valence-corrected chi connectivity index (χ3v) is 5.71. The number of nitrogens with one attached hydrogen (secondary N) is 3. The molecule has 1 saturated heterocycles. The van der Waals surface area contributed by atoms with Crippen LogP contribution in [0.4, 0.5) is 5.69 Å². The summed E-state index contributed by atoms with van der Waals surface area (Å²) in [5.41, 5.74) is 1.90. The summed E-state index contributed by atoms with van der Waals surface area (Å²) in [5, 5.41) is 9.21. The van der Waals surface area contributed by atoms with Crippen molar-refractivity contribution in [1.82, 2.24) is 10.6 Å². The van der Waals surface area contributed by atoms with Crippen molar-refractivity contribution in [1.29, 1.82) is 0 Å². The third kappa shape index (κ3) is 3.87. The van der Waals surface area contributed by atoms with Crippen LogP contribution in [0.15, 0.2) is 52.3 Å². The Bertz CT molecular complexity index is 837. The number of rotatable bonds is 3. The number of benzene rings is 2. The molecule has 0 aromatic heterocycles. The van der Waals surface area contributed by atoms with Crippen molar-refractivity contribution in [3.8, 4) is 0 Å². The van der Waals surface area contributed by atoms with E-state index in [0.717, 1.165) is 29.3 Å². The van der Waals surface area contributed by atoms with E-state index in [0.29, 0.717) is 29.3 Å². The van der Waals surface area contributed by atoms with Crippen molar-refractivity contribution < 1.29 is 9.59 Å². The number of hydrogen-bond donors (Lipinski definition) is 3. The standard InChI is InChI=1S/C19H19N3O2S.ClH/c23-18(21-11-12-7-8-20-10-12)13-5-6-17-15(9-13)22-19(24)14-3-1-2-4-16(14)25-17;/h1-6,9,12,20H,7-8,10-11H2,(H,21,23)(H,22,24);1H. The van der Waals surface area contributed by atoms with Crippen LogP contribution in [0.25, 0.3) is 0 Å². The molecule has 7 heteroatoms. The van der Waals surface area contributed by atoms with Crippen molar-refractivity contribution in [2.75, 3.05) is 25.0 Å². The number of anilines is 1. The molecular weight excluding hydrogens is 370 g/mol. The summed E-state index contributed by atoms with van der Waals surface area (Å²) in [6.45, 7) is 2.65. The van der Waals surface area contributed by atoms with Gasteiger partial charge in [-0.15, -0.1) is 12.4 Å². The van der Waals surface area contributed by atoms with Crippen LogP contribution in [-0.2, 0) is 0 Å². The monoisotopic (exact) mass is 389 g/mol. The van der Waals surface area contributed by atoms with Crippen molar-refractivity contribution in [2.24, 2.45) is 5.92 Å². The fourth-order valence-electron chi connectivity index (χ4n) is 3.14. The predicted molar refractivity (Wildman–Crippen MR) is 106 cm³/mol. The summed E-state index contributed by atoms with van der Waals surface area (Å²) >= 11 is 1.54. The van der Waals surface area contributed by atoms with Crippen LogP contribution < -0.4 is 16.0 Å². The van der Waals surface area contributed by atoms with Crippen LogP contribution in [0.5, 0.6) is 0 Å². The number of halogens is 1. The van der Waals surface area contributed by atoms with Crippen LogP contribution in [0, 0.1) is 5.92 Å². The van der Waals surface area contributed by atoms with E-state index in [-0.39, 0.29) is 24.2 Å². The maximum absolute atomic E-state index is 12.4. The number of carbonyl (C=O) groups is 2. The molecule has 0 spiro atoms. The molecule has 2 heterocycles. The molecule has 2 aromatic rings. The second kappa shape index (κ2) is 8.12. The average molecular weight is 390 g/mol. The van der Waals surface area contributed by atoms with Crippen molar-refractivity contribution in [3.05, 3.63) is 53.6 Å². The second-order valence-corrected chi connectivity index (χ2v) is 7.42. The van der Waals surface area contributed by atoms with E-state index in [2.05, 4.69) is 16.0 Å². The molecule has 2 aromatic carbocycles. The normalized spacial score (nSPS) is 18.0. The first-order valence-corrected chi connectivity index (χ1v) is 9.23. The molecule has 2 amide bonds. The molecule has 0 saturated carbocycles. The van der Waals surface area contributed by atoms with Gasteiger partial charge in [-0.2, -0.15) is 0 Å². The molecule has 1 unspecified atom stereocenters. The zero-order chi connectivity index (χ0) is 17.2. The molecule has 2 aliphatic heterocycles. The molecule has 0 radical (unpaired) electrons. The lowest BCUT2D eigenvalue weighted by Crippen LogP contribution is -2.30. The van der Waals surface area contributed by atoms with Crippen LogP contribution in [-0.4, -0.2) is 31.4 Å². The summed E-state index contributed by atoms with van der Waals surface area (Å²) in [4.78, 5) is 26.7. The lowest BCUT2D eigenvalue weighted by Gasteiger charge is -2.12. The minimum absolute atomic E-state index is 0. The zero-order valence-corrected chi connectivity index (χ0v) is 15.7. The minimum atomic E-state index is -0.142. The van der Waals surface area contributed by atoms with Crippen LogP contribution in [0.3, 0.4) is 0 Å². The van der Waals surface area contributed by atoms with E-state index in [1.807, 2.05) is 36.4 Å². The number of fused-ring (bicyclic) bond motifs is 2. The number of amides is 2. The quantitative estimate of drug-likeness (QED) is 0.754. The van der Waals surface area contributed by atoms with Crippen molar-refractivity contribution in [3.63, 3.8) is 0 Å². The lowest BCUT2D eigenvalue weighted by atomic mass is 10.1. The minimum Gasteiger partial charge on any atom is -0.352 e. The van der Waals surface area contributed by atoms with E-state index in [9.17, 15) is 9.59 Å². The predicted octanol–water partition coefficient (Wildman–Crippen LogP) is 3.16. The highest BCUT2D eigenvalue weighted by molar-refractivity contribution is 7.99. The molecule has 136 valence electrons. The van der Waals surface area contributed by atoms with Crippen LogP contribution in [0.1, 0.15) is 27.1 Å². The summed E-state index contributed by atoms with van der Waals surface area (Å²) < 4.78 is 0. The SMILES string of the molecule is Cl.O=C(NCC1CCNC1)c1ccc2c(c1)NC(=O)c1ccccc1S2. The van der Waals surface area contributed by atoms with E-state index in [1.165, 1.54) is 11.8 Å². The van der Waals surface area contributed by atoms with Gasteiger partial charge in [0.15, 0.2) is 0 Å². The summed E-state index contributed by atoms with van der Waals surface area (Å²) in [5.74, 6) is 0.252. The van der Waals surface area contributed by atoms with Gasteiger partial charge < -0.3 is 16.0 Å². The smallest absolute Gasteiger partial charge is 0.256 e. The molecule has 1 atom stereocenters. The Labute approximate surface area is 162 Å². The molecular formula is C19H20ClN3O2S. The van der Waals surface area contributed by atoms with E-state index >= 15 is 0 Å². The fraction of sp³-hybridized carbons (Fsp3) is 0.263. The van der Waals surface area contributed by atoms with Gasteiger partial charge in [-0.05, 0) is 55.8 Å². The highest BCUT2D eigenvalue weighted by Gasteiger charge is 2.21. The maximum atomic E-state index is 12.4. The Hall–Kier alpha value is -2.02. The van der Waals surface area contributed by atoms with E-state index in [1.54, 1.807) is 6.07 Å². The molecule has 1 fully saturated rings. The van der Waals surface area contributed by atoms with Gasteiger partial charge in [0.25, 0.3) is 11.8 Å². The first-order chi connectivity index (χ1) is 12.2. The van der Waals surface area contributed by atoms with Crippen molar-refractivity contribution in [2.45, 2.75) is 16.2 Å². The summed E-state index contributed by atoms with van der Waals surface area (Å²) in [6, 6.07) is 13.0.